The molecule has 5 nitrogen and oxygen atoms in total. The Morgan fingerprint density at radius 1 is 1.58 bits per heavy atom. The Morgan fingerprint density at radius 2 is 2.17 bits per heavy atom. The molecule has 1 aromatic heterocycles. The van der Waals surface area contributed by atoms with E-state index in [0.29, 0.717) is 5.69 Å². The highest BCUT2D eigenvalue weighted by Crippen LogP contribution is 2.18. The van der Waals surface area contributed by atoms with Gasteiger partial charge in [0.1, 0.15) is 5.69 Å². The Bertz CT molecular complexity index is 304. The normalized spacial score (nSPS) is 9.92. The third-order valence-corrected chi connectivity index (χ3v) is 1.53. The Labute approximate surface area is 70.0 Å². The summed E-state index contributed by atoms with van der Waals surface area (Å²) in [5.41, 5.74) is 0.567. The van der Waals surface area contributed by atoms with Gasteiger partial charge in [0, 0.05) is 14.1 Å². The first-order valence-electron chi connectivity index (χ1n) is 3.49. The van der Waals surface area contributed by atoms with Crippen molar-refractivity contribution in [2.24, 2.45) is 0 Å². The highest BCUT2D eigenvalue weighted by molar-refractivity contribution is 5.94. The summed E-state index contributed by atoms with van der Waals surface area (Å²) < 4.78 is 0. The van der Waals surface area contributed by atoms with Gasteiger partial charge < -0.3 is 10.0 Å². The van der Waals surface area contributed by atoms with Crippen LogP contribution in [0.25, 0.3) is 0 Å². The van der Waals surface area contributed by atoms with Crippen LogP contribution >= 0.6 is 0 Å². The summed E-state index contributed by atoms with van der Waals surface area (Å²) in [6, 6.07) is 0. The van der Waals surface area contributed by atoms with Gasteiger partial charge in [0.05, 0.1) is 0 Å². The zero-order valence-electron chi connectivity index (χ0n) is 7.25. The van der Waals surface area contributed by atoms with Crippen LogP contribution in [-0.4, -0.2) is 40.2 Å². The molecule has 0 spiro atoms. The number of aromatic amines is 1. The number of hydrogen-bond acceptors (Lipinski definition) is 3. The molecule has 1 heterocycles. The number of nitrogens with one attached hydrogen (secondary N) is 1. The molecule has 0 atom stereocenters. The third kappa shape index (κ3) is 1.25. The van der Waals surface area contributed by atoms with Crippen LogP contribution in [0.5, 0.6) is 5.75 Å². The lowest BCUT2D eigenvalue weighted by atomic mass is 10.3. The van der Waals surface area contributed by atoms with Gasteiger partial charge in [0.15, 0.2) is 11.4 Å². The molecule has 0 aliphatic heterocycles. The molecule has 66 valence electrons. The molecule has 0 fully saturated rings. The fourth-order valence-electron chi connectivity index (χ4n) is 0.799. The SMILES string of the molecule is Cc1n[nH]c(C(=O)N(C)C)c1O. The fourth-order valence-corrected chi connectivity index (χ4v) is 0.799. The van der Waals surface area contributed by atoms with E-state index < -0.39 is 0 Å². The van der Waals surface area contributed by atoms with E-state index in [-0.39, 0.29) is 17.4 Å². The molecule has 0 bridgehead atoms. The number of aromatic hydroxyl groups is 1. The Hall–Kier alpha value is -1.52. The Balaban J connectivity index is 3.04. The quantitative estimate of drug-likeness (QED) is 0.627. The predicted molar refractivity (Wildman–Crippen MR) is 43.0 cm³/mol. The maximum atomic E-state index is 11.3. The standard InChI is InChI=1S/C7H11N3O2/c1-4-6(11)5(9-8-4)7(12)10(2)3/h11H,1-3H3,(H,8,9). The van der Waals surface area contributed by atoms with E-state index in [0.717, 1.165) is 0 Å². The lowest BCUT2D eigenvalue weighted by Crippen LogP contribution is -2.22. The van der Waals surface area contributed by atoms with Crippen molar-refractivity contribution in [3.8, 4) is 5.75 Å². The second kappa shape index (κ2) is 2.84. The molecule has 0 saturated carbocycles. The summed E-state index contributed by atoms with van der Waals surface area (Å²) in [6.07, 6.45) is 0. The smallest absolute Gasteiger partial charge is 0.275 e. The molecule has 0 aliphatic rings. The summed E-state index contributed by atoms with van der Waals surface area (Å²) in [4.78, 5) is 12.6. The van der Waals surface area contributed by atoms with Crippen LogP contribution in [0.2, 0.25) is 0 Å². The number of rotatable bonds is 1. The van der Waals surface area contributed by atoms with E-state index in [9.17, 15) is 9.90 Å². The highest BCUT2D eigenvalue weighted by Gasteiger charge is 2.17. The van der Waals surface area contributed by atoms with Crippen molar-refractivity contribution < 1.29 is 9.90 Å². The van der Waals surface area contributed by atoms with Gasteiger partial charge in [-0.25, -0.2) is 0 Å². The number of nitrogens with zero attached hydrogens (tertiary/aromatic N) is 2. The first-order valence-corrected chi connectivity index (χ1v) is 3.49. The number of carbonyl (C=O) groups excluding carboxylic acids is 1. The molecule has 1 aromatic rings. The second-order valence-corrected chi connectivity index (χ2v) is 2.73. The van der Waals surface area contributed by atoms with Gasteiger partial charge >= 0.3 is 0 Å². The van der Waals surface area contributed by atoms with Crippen molar-refractivity contribution in [3.63, 3.8) is 0 Å². The van der Waals surface area contributed by atoms with Gasteiger partial charge in [-0.2, -0.15) is 5.10 Å². The molecule has 12 heavy (non-hydrogen) atoms. The Morgan fingerprint density at radius 3 is 2.50 bits per heavy atom. The predicted octanol–water partition coefficient (Wildman–Crippen LogP) is 0.126. The summed E-state index contributed by atoms with van der Waals surface area (Å²) >= 11 is 0. The molecular weight excluding hydrogens is 158 g/mol. The molecule has 1 rings (SSSR count). The third-order valence-electron chi connectivity index (χ3n) is 1.53. The summed E-state index contributed by atoms with van der Waals surface area (Å²) in [5, 5.41) is 15.5. The van der Waals surface area contributed by atoms with Crippen LogP contribution in [0.15, 0.2) is 0 Å². The average molecular weight is 169 g/mol. The van der Waals surface area contributed by atoms with Gasteiger partial charge in [-0.1, -0.05) is 0 Å². The molecule has 0 radical (unpaired) electrons. The van der Waals surface area contributed by atoms with Crippen LogP contribution < -0.4 is 0 Å². The summed E-state index contributed by atoms with van der Waals surface area (Å²) in [5.74, 6) is -0.359. The first kappa shape index (κ1) is 8.58. The van der Waals surface area contributed by atoms with E-state index in [1.165, 1.54) is 4.90 Å². The van der Waals surface area contributed by atoms with Crippen molar-refractivity contribution >= 4 is 5.91 Å². The maximum absolute atomic E-state index is 11.3. The van der Waals surface area contributed by atoms with Gasteiger partial charge in [0.25, 0.3) is 5.91 Å². The van der Waals surface area contributed by atoms with Gasteiger partial charge in [-0.05, 0) is 6.92 Å². The largest absolute Gasteiger partial charge is 0.504 e. The van der Waals surface area contributed by atoms with Crippen LogP contribution in [0, 0.1) is 6.92 Å². The number of amides is 1. The number of H-pyrrole nitrogens is 1. The minimum absolute atomic E-state index is 0.0753. The second-order valence-electron chi connectivity index (χ2n) is 2.73. The number of hydrogen-bond donors (Lipinski definition) is 2. The molecule has 2 N–H and O–H groups in total. The zero-order chi connectivity index (χ0) is 9.30. The molecule has 0 aliphatic carbocycles. The van der Waals surface area contributed by atoms with E-state index in [1.807, 2.05) is 0 Å². The van der Waals surface area contributed by atoms with Crippen LogP contribution in [-0.2, 0) is 0 Å². The zero-order valence-corrected chi connectivity index (χ0v) is 7.25. The van der Waals surface area contributed by atoms with E-state index in [4.69, 9.17) is 0 Å². The summed E-state index contributed by atoms with van der Waals surface area (Å²) in [7, 11) is 3.22. The van der Waals surface area contributed by atoms with E-state index >= 15 is 0 Å². The van der Waals surface area contributed by atoms with E-state index in [2.05, 4.69) is 10.2 Å². The monoisotopic (exact) mass is 169 g/mol. The fraction of sp³-hybridized carbons (Fsp3) is 0.429. The number of carbonyl (C=O) groups is 1. The Kier molecular flexibility index (Phi) is 2.03. The lowest BCUT2D eigenvalue weighted by Gasteiger charge is -2.07. The van der Waals surface area contributed by atoms with Crippen molar-refractivity contribution in [1.29, 1.82) is 0 Å². The lowest BCUT2D eigenvalue weighted by molar-refractivity contribution is 0.0819. The minimum atomic E-state index is -0.284. The van der Waals surface area contributed by atoms with Crippen molar-refractivity contribution in [2.45, 2.75) is 6.92 Å². The van der Waals surface area contributed by atoms with Gasteiger partial charge in [-0.15, -0.1) is 0 Å². The molecule has 1 amide bonds. The molecule has 0 unspecified atom stereocenters. The van der Waals surface area contributed by atoms with Gasteiger partial charge in [0.2, 0.25) is 0 Å². The molecule has 0 saturated heterocycles. The summed E-state index contributed by atoms with van der Waals surface area (Å²) in [6.45, 7) is 1.62. The van der Waals surface area contributed by atoms with Crippen LogP contribution in [0.4, 0.5) is 0 Å². The molecule has 5 heteroatoms. The number of aryl methyl sites for hydroxylation is 1. The maximum Gasteiger partial charge on any atom is 0.275 e. The molecule has 0 aromatic carbocycles. The van der Waals surface area contributed by atoms with Crippen LogP contribution in [0.1, 0.15) is 16.2 Å². The highest BCUT2D eigenvalue weighted by atomic mass is 16.3. The first-order chi connectivity index (χ1) is 5.54. The van der Waals surface area contributed by atoms with Crippen molar-refractivity contribution in [3.05, 3.63) is 11.4 Å². The van der Waals surface area contributed by atoms with Crippen LogP contribution in [0.3, 0.4) is 0 Å². The van der Waals surface area contributed by atoms with Crippen molar-refractivity contribution in [2.75, 3.05) is 14.1 Å². The van der Waals surface area contributed by atoms with Gasteiger partial charge in [-0.3, -0.25) is 9.89 Å². The number of aromatic nitrogens is 2. The molecular formula is C7H11N3O2. The topological polar surface area (TPSA) is 69.2 Å². The van der Waals surface area contributed by atoms with Crippen molar-refractivity contribution in [1.82, 2.24) is 15.1 Å². The average Bonchev–Trinajstić information content (AvgIpc) is 2.32. The minimum Gasteiger partial charge on any atom is -0.504 e. The van der Waals surface area contributed by atoms with E-state index in [1.54, 1.807) is 21.0 Å².